The number of hydrogen-bond donors (Lipinski definition) is 4. The Balaban J connectivity index is 0.000000129. The lowest BCUT2D eigenvalue weighted by Gasteiger charge is -2.07. The first-order valence-corrected chi connectivity index (χ1v) is 26.0. The van der Waals surface area contributed by atoms with Crippen LogP contribution in [0, 0.1) is 0 Å². The zero-order chi connectivity index (χ0) is 55.8. The van der Waals surface area contributed by atoms with Crippen molar-refractivity contribution in [3.8, 4) is 11.5 Å². The second-order valence-corrected chi connectivity index (χ2v) is 19.0. The molecule has 80 heavy (non-hydrogen) atoms. The monoisotopic (exact) mass is 1070 g/mol. The molecule has 0 atom stereocenters. The first-order valence-electron chi connectivity index (χ1n) is 26.0. The Labute approximate surface area is 460 Å². The number of rotatable bonds is 16. The maximum Gasteiger partial charge on any atom is 0.336 e. The van der Waals surface area contributed by atoms with E-state index in [9.17, 15) is 19.2 Å². The third kappa shape index (κ3) is 14.3. The first kappa shape index (κ1) is 54.8. The number of aromatic carboxylic acids is 4. The molecule has 2 aliphatic heterocycles. The van der Waals surface area contributed by atoms with E-state index in [1.54, 1.807) is 49.4 Å². The van der Waals surface area contributed by atoms with Crippen LogP contribution in [0.5, 0.6) is 11.5 Å². The van der Waals surface area contributed by atoms with Crippen molar-refractivity contribution in [3.63, 3.8) is 0 Å². The summed E-state index contributed by atoms with van der Waals surface area (Å²) < 4.78 is 21.7. The third-order valence-corrected chi connectivity index (χ3v) is 13.8. The molecule has 4 aromatic carbocycles. The van der Waals surface area contributed by atoms with Crippen LogP contribution in [0.4, 0.5) is 0 Å². The summed E-state index contributed by atoms with van der Waals surface area (Å²) >= 11 is 0. The van der Waals surface area contributed by atoms with Crippen LogP contribution in [-0.4, -0.2) is 77.5 Å². The van der Waals surface area contributed by atoms with Crippen molar-refractivity contribution in [2.45, 2.75) is 64.2 Å². The second-order valence-electron chi connectivity index (χ2n) is 19.0. The van der Waals surface area contributed by atoms with Crippen LogP contribution < -0.4 is 9.47 Å². The summed E-state index contributed by atoms with van der Waals surface area (Å²) in [5.41, 5.74) is 13.2. The maximum atomic E-state index is 11.1. The van der Waals surface area contributed by atoms with Gasteiger partial charge in [-0.1, -0.05) is 42.5 Å². The molecule has 4 N–H and O–H groups in total. The minimum Gasteiger partial charge on any atom is -0.493 e. The molecule has 0 fully saturated rings. The van der Waals surface area contributed by atoms with Crippen LogP contribution in [-0.2, 0) is 64.2 Å². The maximum absolute atomic E-state index is 11.1. The molecule has 12 rings (SSSR count). The highest BCUT2D eigenvalue weighted by atomic mass is 16.5. The van der Waals surface area contributed by atoms with E-state index in [0.29, 0.717) is 47.9 Å². The minimum absolute atomic E-state index is 0.319. The quantitative estimate of drug-likeness (QED) is 0.0702. The first-order chi connectivity index (χ1) is 38.9. The topological polar surface area (TPSA) is 246 Å². The Kier molecular flexibility index (Phi) is 18.1. The highest BCUT2D eigenvalue weighted by Gasteiger charge is 2.17. The number of pyridine rings is 4. The van der Waals surface area contributed by atoms with Crippen molar-refractivity contribution >= 4 is 45.8 Å². The Hall–Kier alpha value is -9.96. The fourth-order valence-corrected chi connectivity index (χ4v) is 9.54. The van der Waals surface area contributed by atoms with E-state index in [1.807, 2.05) is 54.6 Å². The van der Waals surface area contributed by atoms with Gasteiger partial charge in [0.1, 0.15) is 22.7 Å². The molecule has 0 saturated carbocycles. The van der Waals surface area contributed by atoms with Gasteiger partial charge in [0.2, 0.25) is 0 Å². The van der Waals surface area contributed by atoms with Gasteiger partial charge in [0.15, 0.2) is 0 Å². The SMILES string of the molecule is O=C(O)c1ccncc1CCc1ccc2c(c1)CCO2.O=C(O)c1ccncc1CCc1ccc2c(c1)OCC2.O=C(O)c1ccncc1CCc1ccc2ccoc2c1.O=C(O)c1ccncc1CCc1ccc2occc2c1. The minimum atomic E-state index is -0.913. The lowest BCUT2D eigenvalue weighted by molar-refractivity contribution is 0.0684. The molecule has 16 nitrogen and oxygen atoms in total. The lowest BCUT2D eigenvalue weighted by Crippen LogP contribution is -2.04. The van der Waals surface area contributed by atoms with Crippen LogP contribution >= 0.6 is 0 Å². The summed E-state index contributed by atoms with van der Waals surface area (Å²) in [6, 6.07) is 34.5. The Morgan fingerprint density at radius 3 is 1.31 bits per heavy atom. The van der Waals surface area contributed by atoms with Gasteiger partial charge in [0.25, 0.3) is 0 Å². The van der Waals surface area contributed by atoms with E-state index in [0.717, 1.165) is 124 Å². The molecule has 0 spiro atoms. The normalized spacial score (nSPS) is 11.8. The molecule has 0 radical (unpaired) electrons. The zero-order valence-corrected chi connectivity index (χ0v) is 43.5. The van der Waals surface area contributed by atoms with Crippen molar-refractivity contribution in [3.05, 3.63) is 249 Å². The Morgan fingerprint density at radius 1 is 0.375 bits per heavy atom. The molecule has 6 aromatic heterocycles. The molecule has 8 heterocycles. The van der Waals surface area contributed by atoms with Gasteiger partial charge in [-0.2, -0.15) is 0 Å². The van der Waals surface area contributed by atoms with E-state index < -0.39 is 23.9 Å². The van der Waals surface area contributed by atoms with Crippen molar-refractivity contribution < 1.29 is 57.9 Å². The van der Waals surface area contributed by atoms with Gasteiger partial charge in [-0.25, -0.2) is 19.2 Å². The number of carboxylic acid groups (broad SMARTS) is 4. The summed E-state index contributed by atoms with van der Waals surface area (Å²) in [6.07, 6.45) is 23.5. The van der Waals surface area contributed by atoms with Crippen LogP contribution in [0.3, 0.4) is 0 Å². The molecular weight excluding hydrogens is 1020 g/mol. The van der Waals surface area contributed by atoms with Crippen molar-refractivity contribution in [1.29, 1.82) is 0 Å². The summed E-state index contributed by atoms with van der Waals surface area (Å²) in [6.45, 7) is 1.51. The molecule has 404 valence electrons. The molecular formula is C64H56N4O12. The number of aryl methyl sites for hydroxylation is 8. The van der Waals surface area contributed by atoms with Crippen molar-refractivity contribution in [1.82, 2.24) is 19.9 Å². The van der Waals surface area contributed by atoms with Crippen LogP contribution in [0.2, 0.25) is 0 Å². The largest absolute Gasteiger partial charge is 0.493 e. The lowest BCUT2D eigenvalue weighted by atomic mass is 10.00. The number of aromatic nitrogens is 4. The Bertz CT molecular complexity index is 3560. The van der Waals surface area contributed by atoms with Gasteiger partial charge < -0.3 is 38.7 Å². The number of hydrogen-bond acceptors (Lipinski definition) is 12. The molecule has 0 unspecified atom stereocenters. The predicted molar refractivity (Wildman–Crippen MR) is 298 cm³/mol. The molecule has 10 aromatic rings. The van der Waals surface area contributed by atoms with Gasteiger partial charge in [0.05, 0.1) is 48.0 Å². The van der Waals surface area contributed by atoms with Crippen LogP contribution in [0.15, 0.2) is 180 Å². The van der Waals surface area contributed by atoms with E-state index in [1.165, 1.54) is 53.6 Å². The Morgan fingerprint density at radius 2 is 0.787 bits per heavy atom. The summed E-state index contributed by atoms with van der Waals surface area (Å²) in [7, 11) is 0. The molecule has 2 aliphatic rings. The van der Waals surface area contributed by atoms with Gasteiger partial charge >= 0.3 is 23.9 Å². The number of furan rings is 2. The molecule has 0 amide bonds. The number of carboxylic acids is 4. The van der Waals surface area contributed by atoms with E-state index in [-0.39, 0.29) is 0 Å². The van der Waals surface area contributed by atoms with Crippen LogP contribution in [0.1, 0.15) is 97.1 Å². The summed E-state index contributed by atoms with van der Waals surface area (Å²) in [5, 5.41) is 38.7. The van der Waals surface area contributed by atoms with E-state index in [2.05, 4.69) is 50.3 Å². The second kappa shape index (κ2) is 26.4. The number of ether oxygens (including phenoxy) is 2. The van der Waals surface area contributed by atoms with Crippen molar-refractivity contribution in [2.75, 3.05) is 13.2 Å². The number of carbonyl (C=O) groups is 4. The summed E-state index contributed by atoms with van der Waals surface area (Å²) in [4.78, 5) is 60.6. The van der Waals surface area contributed by atoms with Gasteiger partial charge in [-0.3, -0.25) is 19.9 Å². The van der Waals surface area contributed by atoms with Gasteiger partial charge in [-0.05, 0) is 174 Å². The molecule has 0 saturated heterocycles. The molecule has 0 aliphatic carbocycles. The third-order valence-electron chi connectivity index (χ3n) is 13.8. The molecule has 16 heteroatoms. The van der Waals surface area contributed by atoms with Gasteiger partial charge in [-0.15, -0.1) is 0 Å². The molecule has 0 bridgehead atoms. The fourth-order valence-electron chi connectivity index (χ4n) is 9.54. The fraction of sp³-hybridized carbons (Fsp3) is 0.188. The number of fused-ring (bicyclic) bond motifs is 4. The average molecular weight is 1070 g/mol. The number of nitrogens with zero attached hydrogens (tertiary/aromatic N) is 4. The number of benzene rings is 4. The zero-order valence-electron chi connectivity index (χ0n) is 43.5. The smallest absolute Gasteiger partial charge is 0.336 e. The van der Waals surface area contributed by atoms with Crippen LogP contribution in [0.25, 0.3) is 21.9 Å². The van der Waals surface area contributed by atoms with E-state index in [4.69, 9.17) is 38.7 Å². The highest BCUT2D eigenvalue weighted by molar-refractivity contribution is 5.91. The summed E-state index contributed by atoms with van der Waals surface area (Å²) in [5.74, 6) is -1.69. The average Bonchev–Trinajstić information content (AvgIpc) is 4.34. The van der Waals surface area contributed by atoms with Crippen molar-refractivity contribution in [2.24, 2.45) is 0 Å². The standard InChI is InChI=1S/C16H15NO3.C16H13NO3.C16H15NO3.C16H13NO3/c2*18-16(19)14-5-7-17-10-13(14)3-1-11-2-4-15-12(9-11)6-8-20-15;2*18-16(19)14-5-7-17-10-13(14)4-2-11-1-3-12-6-8-20-15(12)9-11/h2,4-5,7,9-10H,1,3,6,8H2,(H,18,19);2,4-10H,1,3H2,(H,18,19);1,3,5,7,9-10H,2,4,6,8H2,(H,18,19);1,3,5-10H,2,4H2,(H,18,19). The van der Waals surface area contributed by atoms with E-state index >= 15 is 0 Å². The van der Waals surface area contributed by atoms with Gasteiger partial charge in [0, 0.05) is 73.2 Å². The highest BCUT2D eigenvalue weighted by Crippen LogP contribution is 2.29. The predicted octanol–water partition coefficient (Wildman–Crippen LogP) is 11.6.